The van der Waals surface area contributed by atoms with E-state index in [1.54, 1.807) is 24.3 Å². The van der Waals surface area contributed by atoms with Gasteiger partial charge in [-0.2, -0.15) is 5.26 Å². The number of benzene rings is 2. The molecule has 0 atom stereocenters. The predicted octanol–water partition coefficient (Wildman–Crippen LogP) is 4.46. The summed E-state index contributed by atoms with van der Waals surface area (Å²) in [6.07, 6.45) is 1.31. The van der Waals surface area contributed by atoms with Crippen LogP contribution in [0.15, 0.2) is 35.9 Å². The average molecular weight is 454 g/mol. The van der Waals surface area contributed by atoms with Crippen LogP contribution in [-0.4, -0.2) is 25.3 Å². The topological polar surface area (TPSA) is 97.7 Å². The average Bonchev–Trinajstić information content (AvgIpc) is 3.14. The Morgan fingerprint density at radius 3 is 2.52 bits per heavy atom. The molecule has 7 nitrogen and oxygen atoms in total. The molecule has 0 saturated heterocycles. The summed E-state index contributed by atoms with van der Waals surface area (Å²) < 4.78 is 15.3. The van der Waals surface area contributed by atoms with Crippen molar-refractivity contribution in [3.05, 3.63) is 56.5 Å². The molecule has 0 saturated carbocycles. The molecule has 3 rings (SSSR count). The lowest BCUT2D eigenvalue weighted by Crippen LogP contribution is -2.21. The maximum atomic E-state index is 12.1. The second kappa shape index (κ2) is 9.05. The van der Waals surface area contributed by atoms with Gasteiger partial charge in [0.2, 0.25) is 6.79 Å². The van der Waals surface area contributed by atoms with Crippen molar-refractivity contribution in [1.82, 2.24) is 0 Å². The Morgan fingerprint density at radius 2 is 1.83 bits per heavy atom. The summed E-state index contributed by atoms with van der Waals surface area (Å²) in [4.78, 5) is 24.2. The third-order valence-corrected chi connectivity index (χ3v) is 4.47. The number of nitrogens with zero attached hydrogens (tertiary/aromatic N) is 1. The maximum Gasteiger partial charge on any atom is 0.349 e. The minimum Gasteiger partial charge on any atom is -0.454 e. The Kier molecular flexibility index (Phi) is 6.49. The molecule has 1 aliphatic heterocycles. The molecule has 2 aromatic rings. The molecule has 0 fully saturated rings. The smallest absolute Gasteiger partial charge is 0.349 e. The Balaban J connectivity index is 1.63. The Labute approximate surface area is 180 Å². The number of carbonyl (C=O) groups excluding carboxylic acids is 2. The summed E-state index contributed by atoms with van der Waals surface area (Å²) in [7, 11) is 0. The normalized spacial score (nSPS) is 12.3. The number of rotatable bonds is 5. The van der Waals surface area contributed by atoms with Gasteiger partial charge in [-0.25, -0.2) is 4.79 Å². The van der Waals surface area contributed by atoms with Crippen LogP contribution < -0.4 is 14.8 Å². The lowest BCUT2D eigenvalue weighted by Gasteiger charge is -2.10. The molecule has 1 N–H and O–H groups in total. The van der Waals surface area contributed by atoms with Crippen molar-refractivity contribution in [1.29, 1.82) is 5.26 Å². The van der Waals surface area contributed by atoms with E-state index in [0.29, 0.717) is 22.1 Å². The van der Waals surface area contributed by atoms with Gasteiger partial charge in [-0.3, -0.25) is 4.79 Å². The van der Waals surface area contributed by atoms with E-state index in [1.165, 1.54) is 18.2 Å². The number of ether oxygens (including phenoxy) is 3. The lowest BCUT2D eigenvalue weighted by molar-refractivity contribution is -0.142. The van der Waals surface area contributed by atoms with E-state index >= 15 is 0 Å². The minimum atomic E-state index is -0.964. The number of amides is 1. The van der Waals surface area contributed by atoms with E-state index in [9.17, 15) is 14.9 Å². The molecule has 1 amide bonds. The first-order chi connectivity index (χ1) is 13.9. The van der Waals surface area contributed by atoms with Crippen molar-refractivity contribution in [2.45, 2.75) is 0 Å². The molecule has 0 spiro atoms. The van der Waals surface area contributed by atoms with E-state index in [-0.39, 0.29) is 28.1 Å². The van der Waals surface area contributed by atoms with Crippen LogP contribution in [0.2, 0.25) is 15.1 Å². The van der Waals surface area contributed by atoms with Gasteiger partial charge in [-0.1, -0.05) is 40.9 Å². The number of anilines is 1. The standard InChI is InChI=1S/C19H11Cl3N2O5/c20-12-5-13(21)18(14(22)6-12)24-17(25)8-27-19(26)11(7-23)3-10-1-2-15-16(4-10)29-9-28-15/h1-6H,8-9H2,(H,24,25)/b11-3+. The van der Waals surface area contributed by atoms with Gasteiger partial charge in [0.05, 0.1) is 15.7 Å². The minimum absolute atomic E-state index is 0.104. The third kappa shape index (κ3) is 5.12. The van der Waals surface area contributed by atoms with Crippen LogP contribution in [0.1, 0.15) is 5.56 Å². The highest BCUT2D eigenvalue weighted by molar-refractivity contribution is 6.42. The van der Waals surface area contributed by atoms with Gasteiger partial charge >= 0.3 is 5.97 Å². The summed E-state index contributed by atoms with van der Waals surface area (Å²) in [5.74, 6) is -0.585. The monoisotopic (exact) mass is 452 g/mol. The quantitative estimate of drug-likeness (QED) is 0.408. The first-order valence-electron chi connectivity index (χ1n) is 8.00. The van der Waals surface area contributed by atoms with E-state index in [2.05, 4.69) is 5.32 Å². The van der Waals surface area contributed by atoms with Gasteiger partial charge in [0.1, 0.15) is 11.6 Å². The molecular weight excluding hydrogens is 443 g/mol. The Morgan fingerprint density at radius 1 is 1.14 bits per heavy atom. The molecule has 148 valence electrons. The highest BCUT2D eigenvalue weighted by Crippen LogP contribution is 2.34. The van der Waals surface area contributed by atoms with Crippen molar-refractivity contribution in [2.75, 3.05) is 18.7 Å². The highest BCUT2D eigenvalue weighted by atomic mass is 35.5. The third-order valence-electron chi connectivity index (χ3n) is 3.65. The van der Waals surface area contributed by atoms with Gasteiger partial charge < -0.3 is 19.5 Å². The van der Waals surface area contributed by atoms with Gasteiger partial charge in [-0.15, -0.1) is 0 Å². The van der Waals surface area contributed by atoms with Crippen LogP contribution >= 0.6 is 34.8 Å². The molecule has 29 heavy (non-hydrogen) atoms. The van der Waals surface area contributed by atoms with E-state index in [1.807, 2.05) is 0 Å². The van der Waals surface area contributed by atoms with Crippen molar-refractivity contribution in [3.63, 3.8) is 0 Å². The first-order valence-corrected chi connectivity index (χ1v) is 9.13. The SMILES string of the molecule is N#C/C(=C\c1ccc2c(c1)OCO2)C(=O)OCC(=O)Nc1c(Cl)cc(Cl)cc1Cl. The second-order valence-corrected chi connectivity index (χ2v) is 6.90. The highest BCUT2D eigenvalue weighted by Gasteiger charge is 2.17. The molecule has 1 aliphatic rings. The number of esters is 1. The van der Waals surface area contributed by atoms with Crippen LogP contribution in [0.4, 0.5) is 5.69 Å². The molecule has 0 aliphatic carbocycles. The number of nitrogens with one attached hydrogen (secondary N) is 1. The van der Waals surface area contributed by atoms with Crippen LogP contribution in [0.25, 0.3) is 6.08 Å². The van der Waals surface area contributed by atoms with Crippen LogP contribution in [0.5, 0.6) is 11.5 Å². The maximum absolute atomic E-state index is 12.1. The fourth-order valence-corrected chi connectivity index (χ4v) is 3.26. The summed E-state index contributed by atoms with van der Waals surface area (Å²) in [5.41, 5.74) is 0.376. The van der Waals surface area contributed by atoms with Gasteiger partial charge in [0.15, 0.2) is 18.1 Å². The Bertz CT molecular complexity index is 1040. The number of halogens is 3. The molecule has 0 unspecified atom stereocenters. The molecule has 0 bridgehead atoms. The van der Waals surface area contributed by atoms with Crippen molar-refractivity contribution in [3.8, 4) is 17.6 Å². The second-order valence-electron chi connectivity index (χ2n) is 5.65. The van der Waals surface area contributed by atoms with Gasteiger partial charge in [0, 0.05) is 5.02 Å². The first kappa shape index (κ1) is 20.8. The van der Waals surface area contributed by atoms with Crippen LogP contribution in [0, 0.1) is 11.3 Å². The van der Waals surface area contributed by atoms with Gasteiger partial charge in [0.25, 0.3) is 5.91 Å². The van der Waals surface area contributed by atoms with E-state index in [4.69, 9.17) is 49.0 Å². The zero-order valence-corrected chi connectivity index (χ0v) is 16.8. The number of carbonyl (C=O) groups is 2. The summed E-state index contributed by atoms with van der Waals surface area (Å²) >= 11 is 17.8. The van der Waals surface area contributed by atoms with Gasteiger partial charge in [-0.05, 0) is 35.9 Å². The molecule has 10 heteroatoms. The molecule has 1 heterocycles. The van der Waals surface area contributed by atoms with Crippen molar-refractivity contribution >= 4 is 58.4 Å². The Hall–Kier alpha value is -2.92. The molecular formula is C19H11Cl3N2O5. The van der Waals surface area contributed by atoms with Crippen LogP contribution in [-0.2, 0) is 14.3 Å². The fourth-order valence-electron chi connectivity index (χ4n) is 2.35. The largest absolute Gasteiger partial charge is 0.454 e. The van der Waals surface area contributed by atoms with Crippen molar-refractivity contribution in [2.24, 2.45) is 0 Å². The van der Waals surface area contributed by atoms with Crippen LogP contribution in [0.3, 0.4) is 0 Å². The molecule has 2 aromatic carbocycles. The number of hydrogen-bond donors (Lipinski definition) is 1. The zero-order valence-electron chi connectivity index (χ0n) is 14.5. The molecule has 0 radical (unpaired) electrons. The van der Waals surface area contributed by atoms with Crippen molar-refractivity contribution < 1.29 is 23.8 Å². The number of hydrogen-bond acceptors (Lipinski definition) is 6. The van der Waals surface area contributed by atoms with E-state index in [0.717, 1.165) is 0 Å². The van der Waals surface area contributed by atoms with E-state index < -0.39 is 18.5 Å². The fraction of sp³-hybridized carbons (Fsp3) is 0.105. The summed E-state index contributed by atoms with van der Waals surface area (Å²) in [6, 6.07) is 9.46. The number of fused-ring (bicyclic) bond motifs is 1. The number of nitriles is 1. The summed E-state index contributed by atoms with van der Waals surface area (Å²) in [6.45, 7) is -0.541. The predicted molar refractivity (Wildman–Crippen MR) is 107 cm³/mol. The zero-order chi connectivity index (χ0) is 21.0. The summed E-state index contributed by atoms with van der Waals surface area (Å²) in [5, 5.41) is 12.2. The lowest BCUT2D eigenvalue weighted by atomic mass is 10.1. The molecule has 0 aromatic heterocycles.